The fraction of sp³-hybridized carbons (Fsp3) is 0.118. The molecule has 0 aliphatic rings. The molecule has 0 saturated heterocycles. The normalized spacial score (nSPS) is 10.4. The molecule has 3 rings (SSSR count). The van der Waals surface area contributed by atoms with E-state index in [2.05, 4.69) is 15.5 Å². The van der Waals surface area contributed by atoms with Crippen molar-refractivity contribution in [3.05, 3.63) is 70.2 Å². The van der Waals surface area contributed by atoms with Crippen molar-refractivity contribution in [1.29, 1.82) is 0 Å². The number of carbonyl (C=O) groups excluding carboxylic acids is 1. The molecule has 3 aromatic rings. The summed E-state index contributed by atoms with van der Waals surface area (Å²) >= 11 is 11.1. The van der Waals surface area contributed by atoms with Crippen LogP contribution >= 0.6 is 23.8 Å². The van der Waals surface area contributed by atoms with E-state index in [9.17, 15) is 4.79 Å². The van der Waals surface area contributed by atoms with Gasteiger partial charge in [0.25, 0.3) is 5.91 Å². The Morgan fingerprint density at radius 1 is 1.20 bits per heavy atom. The van der Waals surface area contributed by atoms with Gasteiger partial charge in [0, 0.05) is 10.7 Å². The van der Waals surface area contributed by atoms with Gasteiger partial charge < -0.3 is 10.1 Å². The van der Waals surface area contributed by atoms with E-state index in [0.717, 1.165) is 5.69 Å². The third-order valence-electron chi connectivity index (χ3n) is 3.38. The second-order valence-corrected chi connectivity index (χ2v) is 5.96. The highest BCUT2D eigenvalue weighted by Gasteiger charge is 2.10. The molecule has 0 saturated carbocycles. The van der Waals surface area contributed by atoms with E-state index in [1.807, 2.05) is 30.3 Å². The Hall–Kier alpha value is -2.64. The molecule has 25 heavy (non-hydrogen) atoms. The molecule has 1 aromatic heterocycles. The van der Waals surface area contributed by atoms with Crippen LogP contribution in [-0.2, 0) is 11.3 Å². The van der Waals surface area contributed by atoms with E-state index < -0.39 is 0 Å². The van der Waals surface area contributed by atoms with E-state index in [1.165, 1.54) is 0 Å². The summed E-state index contributed by atoms with van der Waals surface area (Å²) in [4.78, 5) is 12.0. The summed E-state index contributed by atoms with van der Waals surface area (Å²) in [5.41, 5.74) is 0.878. The van der Waals surface area contributed by atoms with Gasteiger partial charge in [0.2, 0.25) is 0 Å². The lowest BCUT2D eigenvalue weighted by Crippen LogP contribution is -2.29. The number of hydrogen-bond donors (Lipinski definition) is 2. The quantitative estimate of drug-likeness (QED) is 0.649. The Morgan fingerprint density at radius 2 is 1.92 bits per heavy atom. The summed E-state index contributed by atoms with van der Waals surface area (Å²) in [6.07, 6.45) is 0. The van der Waals surface area contributed by atoms with Gasteiger partial charge in [0.1, 0.15) is 5.75 Å². The van der Waals surface area contributed by atoms with Gasteiger partial charge in [-0.2, -0.15) is 5.10 Å². The number of H-pyrrole nitrogens is 1. The smallest absolute Gasteiger partial charge is 0.258 e. The highest BCUT2D eigenvalue weighted by molar-refractivity contribution is 7.71. The average Bonchev–Trinajstić information content (AvgIpc) is 3.01. The van der Waals surface area contributed by atoms with Gasteiger partial charge in [-0.3, -0.25) is 14.5 Å². The van der Waals surface area contributed by atoms with Gasteiger partial charge in [0.05, 0.1) is 6.54 Å². The van der Waals surface area contributed by atoms with E-state index in [4.69, 9.17) is 28.6 Å². The van der Waals surface area contributed by atoms with Crippen molar-refractivity contribution in [3.8, 4) is 11.4 Å². The Balaban J connectivity index is 1.59. The van der Waals surface area contributed by atoms with Crippen LogP contribution in [0.25, 0.3) is 5.69 Å². The maximum atomic E-state index is 12.0. The molecule has 0 aliphatic heterocycles. The van der Waals surface area contributed by atoms with Crippen LogP contribution in [0.5, 0.6) is 5.75 Å². The van der Waals surface area contributed by atoms with Crippen LogP contribution in [0, 0.1) is 4.77 Å². The van der Waals surface area contributed by atoms with Crippen LogP contribution in [0.3, 0.4) is 0 Å². The van der Waals surface area contributed by atoms with Crippen LogP contribution in [0.1, 0.15) is 5.82 Å². The van der Waals surface area contributed by atoms with Gasteiger partial charge in [0.15, 0.2) is 17.2 Å². The summed E-state index contributed by atoms with van der Waals surface area (Å²) in [6.45, 7) is 0.128. The van der Waals surface area contributed by atoms with E-state index in [0.29, 0.717) is 21.4 Å². The maximum Gasteiger partial charge on any atom is 0.258 e. The van der Waals surface area contributed by atoms with E-state index in [-0.39, 0.29) is 19.1 Å². The van der Waals surface area contributed by atoms with Gasteiger partial charge in [-0.15, -0.1) is 0 Å². The average molecular weight is 375 g/mol. The lowest BCUT2D eigenvalue weighted by Gasteiger charge is -2.09. The number of benzene rings is 2. The van der Waals surface area contributed by atoms with Crippen molar-refractivity contribution in [2.75, 3.05) is 6.61 Å². The molecular formula is C17H15ClN4O2S. The lowest BCUT2D eigenvalue weighted by molar-refractivity contribution is -0.123. The number of rotatable bonds is 6. The highest BCUT2D eigenvalue weighted by atomic mass is 35.5. The Kier molecular flexibility index (Phi) is 5.47. The summed E-state index contributed by atoms with van der Waals surface area (Å²) < 4.78 is 7.64. The van der Waals surface area contributed by atoms with Crippen LogP contribution in [-0.4, -0.2) is 27.3 Å². The zero-order chi connectivity index (χ0) is 17.6. The number of nitrogens with zero attached hydrogens (tertiary/aromatic N) is 2. The molecule has 2 aromatic carbocycles. The standard InChI is InChI=1S/C17H15ClN4O2S/c18-12-6-8-14(9-7-12)24-11-16(23)19-10-15-20-21-17(25)22(15)13-4-2-1-3-5-13/h1-9H,10-11H2,(H,19,23)(H,21,25). The second kappa shape index (κ2) is 7.96. The first kappa shape index (κ1) is 17.2. The second-order valence-electron chi connectivity index (χ2n) is 5.14. The van der Waals surface area contributed by atoms with Crippen molar-refractivity contribution in [3.63, 3.8) is 0 Å². The Bertz CT molecular complexity index is 906. The van der Waals surface area contributed by atoms with Crippen molar-refractivity contribution in [2.24, 2.45) is 0 Å². The molecule has 0 radical (unpaired) electrons. The monoisotopic (exact) mass is 374 g/mol. The fourth-order valence-electron chi connectivity index (χ4n) is 2.20. The van der Waals surface area contributed by atoms with Crippen molar-refractivity contribution < 1.29 is 9.53 Å². The molecule has 1 amide bonds. The number of amides is 1. The largest absolute Gasteiger partial charge is 0.484 e. The van der Waals surface area contributed by atoms with Crippen molar-refractivity contribution in [1.82, 2.24) is 20.1 Å². The molecule has 6 nitrogen and oxygen atoms in total. The van der Waals surface area contributed by atoms with Crippen molar-refractivity contribution in [2.45, 2.75) is 6.54 Å². The van der Waals surface area contributed by atoms with Crippen LogP contribution < -0.4 is 10.1 Å². The minimum absolute atomic E-state index is 0.0991. The number of hydrogen-bond acceptors (Lipinski definition) is 4. The SMILES string of the molecule is O=C(COc1ccc(Cl)cc1)NCc1n[nH]c(=S)n1-c1ccccc1. The number of ether oxygens (including phenoxy) is 1. The topological polar surface area (TPSA) is 71.9 Å². The molecule has 0 atom stereocenters. The number of nitrogens with one attached hydrogen (secondary N) is 2. The molecule has 1 heterocycles. The highest BCUT2D eigenvalue weighted by Crippen LogP contribution is 2.15. The third kappa shape index (κ3) is 4.46. The summed E-state index contributed by atoms with van der Waals surface area (Å²) in [6, 6.07) is 16.4. The lowest BCUT2D eigenvalue weighted by atomic mass is 10.3. The number of aromatic amines is 1. The minimum atomic E-state index is -0.261. The molecule has 128 valence electrons. The zero-order valence-corrected chi connectivity index (χ0v) is 14.7. The van der Waals surface area contributed by atoms with E-state index in [1.54, 1.807) is 28.8 Å². The summed E-state index contributed by atoms with van der Waals surface area (Å²) in [5.74, 6) is 0.922. The zero-order valence-electron chi connectivity index (χ0n) is 13.1. The first-order valence-corrected chi connectivity index (χ1v) is 8.29. The molecule has 2 N–H and O–H groups in total. The first-order chi connectivity index (χ1) is 12.1. The van der Waals surface area contributed by atoms with Gasteiger partial charge in [-0.25, -0.2) is 0 Å². The number of aromatic nitrogens is 3. The number of para-hydroxylation sites is 1. The minimum Gasteiger partial charge on any atom is -0.484 e. The molecule has 0 bridgehead atoms. The van der Waals surface area contributed by atoms with Gasteiger partial charge >= 0.3 is 0 Å². The van der Waals surface area contributed by atoms with Crippen LogP contribution in [0.15, 0.2) is 54.6 Å². The van der Waals surface area contributed by atoms with Gasteiger partial charge in [-0.05, 0) is 48.6 Å². The molecule has 0 aliphatic carbocycles. The van der Waals surface area contributed by atoms with Crippen LogP contribution in [0.2, 0.25) is 5.02 Å². The summed E-state index contributed by atoms with van der Waals surface area (Å²) in [5, 5.41) is 10.3. The molecule has 8 heteroatoms. The predicted octanol–water partition coefficient (Wildman–Crippen LogP) is 3.28. The van der Waals surface area contributed by atoms with E-state index >= 15 is 0 Å². The predicted molar refractivity (Wildman–Crippen MR) is 97.5 cm³/mol. The maximum absolute atomic E-state index is 12.0. The number of halogens is 1. The third-order valence-corrected chi connectivity index (χ3v) is 3.91. The van der Waals surface area contributed by atoms with Crippen molar-refractivity contribution >= 4 is 29.7 Å². The molecular weight excluding hydrogens is 360 g/mol. The Labute approximate surface area is 154 Å². The molecule has 0 unspecified atom stereocenters. The Morgan fingerprint density at radius 3 is 2.64 bits per heavy atom. The van der Waals surface area contributed by atoms with Crippen LogP contribution in [0.4, 0.5) is 0 Å². The fourth-order valence-corrected chi connectivity index (χ4v) is 2.58. The molecule has 0 spiro atoms. The molecule has 0 fully saturated rings. The number of carbonyl (C=O) groups is 1. The first-order valence-electron chi connectivity index (χ1n) is 7.50. The summed E-state index contributed by atoms with van der Waals surface area (Å²) in [7, 11) is 0. The van der Waals surface area contributed by atoms with Gasteiger partial charge in [-0.1, -0.05) is 29.8 Å².